The van der Waals surface area contributed by atoms with Gasteiger partial charge < -0.3 is 58.5 Å². The Kier molecular flexibility index (Phi) is 94.3. The van der Waals surface area contributed by atoms with Gasteiger partial charge in [0.05, 0.1) is 0 Å². The van der Waals surface area contributed by atoms with Gasteiger partial charge in [0.25, 0.3) is 11.8 Å². The van der Waals surface area contributed by atoms with Crippen molar-refractivity contribution in [1.82, 2.24) is 25.3 Å². The second-order valence-electron chi connectivity index (χ2n) is 42.1. The Hall–Kier alpha value is -5.67. The highest BCUT2D eigenvalue weighted by Crippen LogP contribution is 2.25. The molecule has 143 heavy (non-hydrogen) atoms. The predicted molar refractivity (Wildman–Crippen MR) is 593 cm³/mol. The van der Waals surface area contributed by atoms with E-state index in [2.05, 4.69) is 108 Å². The summed E-state index contributed by atoms with van der Waals surface area (Å²) in [5.74, 6) is -1.26. The lowest BCUT2D eigenvalue weighted by atomic mass is 10.0. The fourth-order valence-corrected chi connectivity index (χ4v) is 19.2. The molecule has 0 bridgehead atoms. The van der Waals surface area contributed by atoms with E-state index in [4.69, 9.17) is 33.2 Å². The van der Waals surface area contributed by atoms with Crippen LogP contribution in [0, 0.1) is 0 Å². The number of carbonyl (C=O) groups excluding carboxylic acids is 9. The van der Waals surface area contributed by atoms with E-state index in [1.807, 2.05) is 0 Å². The average Bonchev–Trinajstić information content (AvgIpc) is 0.834. The first kappa shape index (κ1) is 135. The fraction of sp³-hybridized carbons (Fsp3) is 0.877. The number of benzene rings is 1. The van der Waals surface area contributed by atoms with Crippen LogP contribution in [-0.4, -0.2) is 177 Å². The number of nitrogens with zero attached hydrogens (tertiary/aromatic N) is 3. The largest absolute Gasteiger partial charge is 0.462 e. The Balaban J connectivity index is 3.46. The first-order valence-corrected chi connectivity index (χ1v) is 61.0. The summed E-state index contributed by atoms with van der Waals surface area (Å²) < 4.78 is 41.1. The monoisotopic (exact) mass is 2020 g/mol. The minimum atomic E-state index is -0.318. The molecule has 0 aliphatic rings. The maximum atomic E-state index is 14.6. The topological polar surface area (TPSA) is 252 Å². The second-order valence-corrected chi connectivity index (χ2v) is 42.1. The molecule has 1 rings (SSSR count). The van der Waals surface area contributed by atoms with Gasteiger partial charge in [0.1, 0.15) is 43.2 Å². The highest BCUT2D eigenvalue weighted by molar-refractivity contribution is 6.00. The average molecular weight is 2020 g/mol. The summed E-state index contributed by atoms with van der Waals surface area (Å²) in [5, 5.41) is 6.44. The molecule has 1 aromatic rings. The normalized spacial score (nSPS) is 12.9. The van der Waals surface area contributed by atoms with Crippen LogP contribution >= 0.6 is 0 Å². The van der Waals surface area contributed by atoms with E-state index >= 15 is 0 Å². The van der Waals surface area contributed by atoms with Crippen molar-refractivity contribution in [2.75, 3.05) is 72.0 Å². The van der Waals surface area contributed by atoms with Gasteiger partial charge in [-0.15, -0.1) is 0 Å². The van der Waals surface area contributed by atoms with Crippen LogP contribution in [0.3, 0.4) is 0 Å². The van der Waals surface area contributed by atoms with Crippen LogP contribution in [0.25, 0.3) is 0 Å². The van der Waals surface area contributed by atoms with Crippen LogP contribution in [0.15, 0.2) is 18.2 Å². The van der Waals surface area contributed by atoms with Gasteiger partial charge in [-0.25, -0.2) is 0 Å². The van der Waals surface area contributed by atoms with Crippen molar-refractivity contribution in [3.63, 3.8) is 0 Å². The molecule has 21 heteroatoms. The van der Waals surface area contributed by atoms with Gasteiger partial charge in [0.15, 0.2) is 0 Å². The zero-order valence-corrected chi connectivity index (χ0v) is 95.0. The van der Waals surface area contributed by atoms with E-state index in [9.17, 15) is 43.2 Å². The quantitative estimate of drug-likeness (QED) is 0.0349. The van der Waals surface area contributed by atoms with Crippen molar-refractivity contribution >= 4 is 53.6 Å². The number of amides is 2. The molecule has 0 saturated heterocycles. The predicted octanol–water partition coefficient (Wildman–Crippen LogP) is 31.8. The van der Waals surface area contributed by atoms with E-state index in [-0.39, 0.29) is 103 Å². The Morgan fingerprint density at radius 1 is 0.210 bits per heavy atom. The molecule has 834 valence electrons. The number of hydrogen-bond donors (Lipinski definition) is 2. The third kappa shape index (κ3) is 82.8. The molecule has 2 amide bonds. The molecule has 6 atom stereocenters. The SMILES string of the molecule is CCCCCC(CC)OC(=O)CCCCCCCCN(CCCCCCCCC(=O)OC(CC)CCCCC)CCCCC(=O)OCc1cc(C(=O)NCCCN(CCCCCCCCC(=O)OC(CC)CCCCC)CCCCCCCCC(=O)OC(CC)CCCCC)cc(C(=O)NCCCN(CCCCCCCCC(=O)OC(CC)CCCCC)CCCCCCCCC(=O)OC(CC)CCCCC)c1. The summed E-state index contributed by atoms with van der Waals surface area (Å²) in [6, 6.07) is 5.20. The number of rotatable bonds is 107. The Bertz CT molecular complexity index is 2890. The number of ether oxygens (including phenoxy) is 7. The van der Waals surface area contributed by atoms with E-state index in [1.165, 1.54) is 38.5 Å². The molecular weight excluding hydrogens is 1790 g/mol. The smallest absolute Gasteiger partial charge is 0.306 e. The summed E-state index contributed by atoms with van der Waals surface area (Å²) in [6.45, 7) is 34.9. The molecule has 1 aromatic carbocycles. The molecule has 2 N–H and O–H groups in total. The second kappa shape index (κ2) is 99.6. The third-order valence-corrected chi connectivity index (χ3v) is 28.8. The number of nitrogens with one attached hydrogen (secondary N) is 2. The maximum absolute atomic E-state index is 14.6. The van der Waals surface area contributed by atoms with Crippen LogP contribution in [0.2, 0.25) is 0 Å². The summed E-state index contributed by atoms with van der Waals surface area (Å²) >= 11 is 0. The van der Waals surface area contributed by atoms with Crippen molar-refractivity contribution in [3.8, 4) is 0 Å². The minimum Gasteiger partial charge on any atom is -0.462 e. The lowest BCUT2D eigenvalue weighted by molar-refractivity contribution is -0.150. The Labute approximate surface area is 877 Å². The van der Waals surface area contributed by atoms with Crippen LogP contribution in [0.1, 0.15) is 604 Å². The van der Waals surface area contributed by atoms with E-state index in [1.54, 1.807) is 18.2 Å². The molecule has 0 aliphatic heterocycles. The molecule has 0 aliphatic carbocycles. The zero-order chi connectivity index (χ0) is 105. The lowest BCUT2D eigenvalue weighted by Crippen LogP contribution is -2.32. The Morgan fingerprint density at radius 3 is 0.587 bits per heavy atom. The van der Waals surface area contributed by atoms with Crippen LogP contribution in [0.4, 0.5) is 0 Å². The van der Waals surface area contributed by atoms with Gasteiger partial charge in [-0.05, 0) is 301 Å². The molecule has 0 saturated carbocycles. The van der Waals surface area contributed by atoms with Crippen LogP contribution in [0.5, 0.6) is 0 Å². The highest BCUT2D eigenvalue weighted by Gasteiger charge is 2.23. The summed E-state index contributed by atoms with van der Waals surface area (Å²) in [5.41, 5.74) is 1.26. The lowest BCUT2D eigenvalue weighted by Gasteiger charge is -2.23. The van der Waals surface area contributed by atoms with Gasteiger partial charge in [-0.3, -0.25) is 43.2 Å². The van der Waals surface area contributed by atoms with Gasteiger partial charge >= 0.3 is 41.8 Å². The fourth-order valence-electron chi connectivity index (χ4n) is 19.2. The molecule has 0 radical (unpaired) electrons. The summed E-state index contributed by atoms with van der Waals surface area (Å²) in [4.78, 5) is 127. The highest BCUT2D eigenvalue weighted by atomic mass is 16.6. The molecule has 0 fully saturated rings. The number of esters is 7. The Morgan fingerprint density at radius 2 is 0.385 bits per heavy atom. The van der Waals surface area contributed by atoms with E-state index < -0.39 is 0 Å². The molecule has 6 unspecified atom stereocenters. The standard InChI is InChI=1S/C122H225N5O16/c1-13-25-55-77-108(19-7)138-115(129)84-61-43-31-37-49-68-92-125(93-69-50-38-32-44-62-85-116(130)139-109(20-8)78-56-26-14-2)98-74-67-83-114(128)137-104-105-101-106(121(135)123-90-75-99-126(94-70-51-39-33-45-63-86-117(131)140-110(21-9)79-57-27-15-3)95-71-52-40-34-46-64-87-118(132)141-111(22-10)80-58-28-16-4)103-107(102-105)122(136)124-91-76-100-127(96-72-53-41-35-47-65-88-119(133)142-112(23-11)81-59-29-17-5)97-73-54-42-36-48-66-89-120(134)143-113(24-12)82-60-30-18-6/h101-103,108-113H,13-100,104H2,1-12H3,(H,123,135)(H,124,136). The molecule has 0 aromatic heterocycles. The molecular formula is C122H225N5O16. The summed E-state index contributed by atoms with van der Waals surface area (Å²) in [6.07, 6.45) is 75.2. The number of unbranched alkanes of at least 4 members (excludes halogenated alkanes) is 43. The first-order chi connectivity index (χ1) is 69.8. The van der Waals surface area contributed by atoms with Gasteiger partial charge in [-0.1, -0.05) is 314 Å². The van der Waals surface area contributed by atoms with Crippen molar-refractivity contribution in [2.24, 2.45) is 0 Å². The van der Waals surface area contributed by atoms with Crippen molar-refractivity contribution in [3.05, 3.63) is 34.9 Å². The summed E-state index contributed by atoms with van der Waals surface area (Å²) in [7, 11) is 0. The van der Waals surface area contributed by atoms with Gasteiger partial charge in [0, 0.05) is 69.2 Å². The number of carbonyl (C=O) groups is 9. The number of hydrogen-bond acceptors (Lipinski definition) is 19. The minimum absolute atomic E-state index is 0.0239. The molecule has 0 heterocycles. The van der Waals surface area contributed by atoms with Crippen LogP contribution in [-0.2, 0) is 73.3 Å². The van der Waals surface area contributed by atoms with Crippen LogP contribution < -0.4 is 10.6 Å². The van der Waals surface area contributed by atoms with Crippen molar-refractivity contribution < 1.29 is 76.3 Å². The van der Waals surface area contributed by atoms with E-state index in [0.29, 0.717) is 74.7 Å². The molecule has 21 nitrogen and oxygen atoms in total. The van der Waals surface area contributed by atoms with Gasteiger partial charge in [-0.2, -0.15) is 0 Å². The van der Waals surface area contributed by atoms with Gasteiger partial charge in [0.2, 0.25) is 0 Å². The third-order valence-electron chi connectivity index (χ3n) is 28.8. The van der Waals surface area contributed by atoms with Crippen molar-refractivity contribution in [1.29, 1.82) is 0 Å². The maximum Gasteiger partial charge on any atom is 0.306 e. The van der Waals surface area contributed by atoms with Crippen molar-refractivity contribution in [2.45, 2.75) is 621 Å². The zero-order valence-electron chi connectivity index (χ0n) is 95.0. The first-order valence-electron chi connectivity index (χ1n) is 61.0. The van der Waals surface area contributed by atoms with E-state index in [0.717, 1.165) is 463 Å². The molecule has 0 spiro atoms.